The fraction of sp³-hybridized carbons (Fsp3) is 0.667. The lowest BCUT2D eigenvalue weighted by atomic mass is 9.92. The highest BCUT2D eigenvalue weighted by atomic mass is 16.6. The highest BCUT2D eigenvalue weighted by Gasteiger charge is 2.30. The van der Waals surface area contributed by atoms with Crippen LogP contribution in [-0.4, -0.2) is 11.9 Å². The zero-order valence-electron chi connectivity index (χ0n) is 17.3. The maximum Gasteiger partial charge on any atom is 0.346 e. The van der Waals surface area contributed by atoms with Gasteiger partial charge in [-0.05, 0) is 48.9 Å². The first-order valence-electron chi connectivity index (χ1n) is 11.1. The molecule has 27 heavy (non-hydrogen) atoms. The number of ether oxygens (including phenoxy) is 1. The fourth-order valence-electron chi connectivity index (χ4n) is 3.88. The molecule has 0 unspecified atom stereocenters. The molecule has 2 rings (SSSR count). The summed E-state index contributed by atoms with van der Waals surface area (Å²) in [4.78, 5) is 23.8. The number of unbranched alkanes of at least 4 members (excludes halogenated alkanes) is 10. The van der Waals surface area contributed by atoms with Crippen LogP contribution in [0.25, 0.3) is 0 Å². The van der Waals surface area contributed by atoms with Crippen LogP contribution < -0.4 is 0 Å². The van der Waals surface area contributed by atoms with Crippen LogP contribution in [0.4, 0.5) is 0 Å². The maximum absolute atomic E-state index is 11.9. The average molecular weight is 373 g/mol. The van der Waals surface area contributed by atoms with E-state index in [2.05, 4.69) is 13.8 Å². The van der Waals surface area contributed by atoms with Crippen molar-refractivity contribution in [3.8, 4) is 0 Å². The van der Waals surface area contributed by atoms with Gasteiger partial charge in [0.2, 0.25) is 0 Å². The van der Waals surface area contributed by atoms with Gasteiger partial charge in [0.15, 0.2) is 0 Å². The minimum Gasteiger partial charge on any atom is -0.386 e. The van der Waals surface area contributed by atoms with Gasteiger partial charge in [-0.3, -0.25) is 0 Å². The van der Waals surface area contributed by atoms with Gasteiger partial charge in [-0.1, -0.05) is 78.1 Å². The molecule has 150 valence electrons. The van der Waals surface area contributed by atoms with Gasteiger partial charge in [-0.2, -0.15) is 0 Å². The molecule has 0 fully saturated rings. The average Bonchev–Trinajstić information content (AvgIpc) is 2.94. The van der Waals surface area contributed by atoms with Crippen molar-refractivity contribution in [1.82, 2.24) is 0 Å². The summed E-state index contributed by atoms with van der Waals surface area (Å²) in [7, 11) is 0. The molecule has 0 atom stereocenters. The van der Waals surface area contributed by atoms with Crippen molar-refractivity contribution in [3.05, 3.63) is 34.4 Å². The van der Waals surface area contributed by atoms with E-state index in [-0.39, 0.29) is 0 Å². The van der Waals surface area contributed by atoms with Crippen LogP contribution >= 0.6 is 0 Å². The van der Waals surface area contributed by atoms with Gasteiger partial charge in [0.05, 0.1) is 11.1 Å². The van der Waals surface area contributed by atoms with Crippen LogP contribution in [0, 0.1) is 0 Å². The number of hydrogen-bond acceptors (Lipinski definition) is 3. The predicted octanol–water partition coefficient (Wildman–Crippen LogP) is 6.80. The number of hydrogen-bond donors (Lipinski definition) is 0. The van der Waals surface area contributed by atoms with Crippen molar-refractivity contribution >= 4 is 11.9 Å². The third-order valence-corrected chi connectivity index (χ3v) is 5.56. The van der Waals surface area contributed by atoms with Gasteiger partial charge in [0.1, 0.15) is 0 Å². The molecule has 0 spiro atoms. The lowest BCUT2D eigenvalue weighted by molar-refractivity contribution is 0.0443. The first-order chi connectivity index (χ1) is 13.2. The Morgan fingerprint density at radius 1 is 0.593 bits per heavy atom. The van der Waals surface area contributed by atoms with E-state index in [1.807, 2.05) is 12.1 Å². The van der Waals surface area contributed by atoms with Crippen LogP contribution in [-0.2, 0) is 17.6 Å². The van der Waals surface area contributed by atoms with E-state index in [1.165, 1.54) is 75.3 Å². The summed E-state index contributed by atoms with van der Waals surface area (Å²) in [5.41, 5.74) is 3.41. The molecular weight excluding hydrogens is 336 g/mol. The molecule has 0 aliphatic carbocycles. The third kappa shape index (κ3) is 6.79. The van der Waals surface area contributed by atoms with Crippen molar-refractivity contribution in [2.75, 3.05) is 0 Å². The Hall–Kier alpha value is -1.64. The molecule has 1 aliphatic rings. The summed E-state index contributed by atoms with van der Waals surface area (Å²) < 4.78 is 4.80. The summed E-state index contributed by atoms with van der Waals surface area (Å²) in [6, 6.07) is 3.86. The molecule has 3 nitrogen and oxygen atoms in total. The first-order valence-corrected chi connectivity index (χ1v) is 11.1. The summed E-state index contributed by atoms with van der Waals surface area (Å²) >= 11 is 0. The number of carbonyl (C=O) groups is 2. The minimum absolute atomic E-state index is 0.465. The second kappa shape index (κ2) is 11.9. The summed E-state index contributed by atoms with van der Waals surface area (Å²) in [5.74, 6) is -0.962. The molecule has 3 heteroatoms. The number of esters is 2. The molecule has 1 aromatic rings. The predicted molar refractivity (Wildman–Crippen MR) is 110 cm³/mol. The molecule has 1 heterocycles. The minimum atomic E-state index is -0.481. The second-order valence-corrected chi connectivity index (χ2v) is 7.88. The van der Waals surface area contributed by atoms with Crippen molar-refractivity contribution in [2.45, 2.75) is 104 Å². The smallest absolute Gasteiger partial charge is 0.346 e. The van der Waals surface area contributed by atoms with Crippen molar-refractivity contribution in [1.29, 1.82) is 0 Å². The van der Waals surface area contributed by atoms with Gasteiger partial charge in [-0.15, -0.1) is 0 Å². The van der Waals surface area contributed by atoms with E-state index in [9.17, 15) is 9.59 Å². The highest BCUT2D eigenvalue weighted by Crippen LogP contribution is 2.27. The Morgan fingerprint density at radius 3 is 1.37 bits per heavy atom. The third-order valence-electron chi connectivity index (χ3n) is 5.56. The number of aryl methyl sites for hydroxylation is 2. The standard InChI is InChI=1S/C24H36O3/c1-3-5-7-9-11-13-15-19-17-21-22(24(26)27-23(21)25)18-20(19)16-14-12-10-8-6-4-2/h17-18H,3-16H2,1-2H3. The van der Waals surface area contributed by atoms with E-state index in [1.54, 1.807) is 0 Å². The largest absolute Gasteiger partial charge is 0.386 e. The second-order valence-electron chi connectivity index (χ2n) is 7.88. The van der Waals surface area contributed by atoms with Gasteiger partial charge < -0.3 is 4.74 Å². The van der Waals surface area contributed by atoms with Crippen molar-refractivity contribution in [2.24, 2.45) is 0 Å². The van der Waals surface area contributed by atoms with E-state index in [0.29, 0.717) is 11.1 Å². The molecule has 0 aromatic heterocycles. The molecule has 1 aromatic carbocycles. The Kier molecular flexibility index (Phi) is 9.58. The lowest BCUT2D eigenvalue weighted by Crippen LogP contribution is -2.02. The van der Waals surface area contributed by atoms with Crippen molar-refractivity contribution in [3.63, 3.8) is 0 Å². The number of cyclic esters (lactones) is 2. The van der Waals surface area contributed by atoms with Gasteiger partial charge in [-0.25, -0.2) is 9.59 Å². The molecule has 0 bridgehead atoms. The number of fused-ring (bicyclic) bond motifs is 1. The number of carbonyl (C=O) groups excluding carboxylic acids is 2. The monoisotopic (exact) mass is 372 g/mol. The molecule has 0 radical (unpaired) electrons. The first kappa shape index (κ1) is 21.7. The van der Waals surface area contributed by atoms with E-state index in [4.69, 9.17) is 4.74 Å². The number of benzene rings is 1. The summed E-state index contributed by atoms with van der Waals surface area (Å²) in [5, 5.41) is 0. The highest BCUT2D eigenvalue weighted by molar-refractivity contribution is 6.14. The van der Waals surface area contributed by atoms with Gasteiger partial charge >= 0.3 is 11.9 Å². The molecule has 0 amide bonds. The van der Waals surface area contributed by atoms with Crippen LogP contribution in [0.1, 0.15) is 123 Å². The number of rotatable bonds is 14. The maximum atomic E-state index is 11.9. The summed E-state index contributed by atoms with van der Waals surface area (Å²) in [6.07, 6.45) is 17.1. The fourth-order valence-corrected chi connectivity index (χ4v) is 3.88. The lowest BCUT2D eigenvalue weighted by Gasteiger charge is -2.11. The van der Waals surface area contributed by atoms with E-state index >= 15 is 0 Å². The molecule has 1 aliphatic heterocycles. The Bertz CT molecular complexity index is 565. The van der Waals surface area contributed by atoms with Crippen LogP contribution in [0.5, 0.6) is 0 Å². The Morgan fingerprint density at radius 2 is 0.963 bits per heavy atom. The zero-order valence-corrected chi connectivity index (χ0v) is 17.3. The molecule has 0 N–H and O–H groups in total. The topological polar surface area (TPSA) is 43.4 Å². The molecule has 0 saturated heterocycles. The van der Waals surface area contributed by atoms with E-state index in [0.717, 1.165) is 25.7 Å². The zero-order chi connectivity index (χ0) is 19.5. The molecular formula is C24H36O3. The van der Waals surface area contributed by atoms with Crippen LogP contribution in [0.2, 0.25) is 0 Å². The van der Waals surface area contributed by atoms with Gasteiger partial charge in [0, 0.05) is 0 Å². The SMILES string of the molecule is CCCCCCCCc1cc2c(cc1CCCCCCCC)C(=O)OC2=O. The Balaban J connectivity index is 1.95. The van der Waals surface area contributed by atoms with Crippen LogP contribution in [0.3, 0.4) is 0 Å². The van der Waals surface area contributed by atoms with Gasteiger partial charge in [0.25, 0.3) is 0 Å². The Labute approximate surface area is 164 Å². The molecule has 0 saturated carbocycles. The quantitative estimate of drug-likeness (QED) is 0.205. The van der Waals surface area contributed by atoms with E-state index < -0.39 is 11.9 Å². The normalized spacial score (nSPS) is 13.1. The summed E-state index contributed by atoms with van der Waals surface area (Å²) in [6.45, 7) is 4.47. The van der Waals surface area contributed by atoms with Crippen molar-refractivity contribution < 1.29 is 14.3 Å². The van der Waals surface area contributed by atoms with Crippen LogP contribution in [0.15, 0.2) is 12.1 Å².